The Labute approximate surface area is 179 Å². The van der Waals surface area contributed by atoms with E-state index in [1.807, 2.05) is 6.07 Å². The third kappa shape index (κ3) is 4.67. The number of hydrogen-bond donors (Lipinski definition) is 1. The summed E-state index contributed by atoms with van der Waals surface area (Å²) >= 11 is 0. The summed E-state index contributed by atoms with van der Waals surface area (Å²) in [5, 5.41) is 14.2. The van der Waals surface area contributed by atoms with Crippen LogP contribution in [0.3, 0.4) is 0 Å². The lowest BCUT2D eigenvalue weighted by molar-refractivity contribution is 0.102. The van der Waals surface area contributed by atoms with Crippen LogP contribution in [0.2, 0.25) is 0 Å². The van der Waals surface area contributed by atoms with Crippen LogP contribution in [-0.2, 0) is 15.6 Å². The fraction of sp³-hybridized carbons (Fsp3) is 0.0909. The predicted molar refractivity (Wildman–Crippen MR) is 116 cm³/mol. The van der Waals surface area contributed by atoms with Crippen molar-refractivity contribution in [3.8, 4) is 5.69 Å². The lowest BCUT2D eigenvalue weighted by Gasteiger charge is -2.09. The lowest BCUT2D eigenvalue weighted by atomic mass is 10.1. The number of carbonyl (C=O) groups is 1. The maximum absolute atomic E-state index is 12.6. The Bertz CT molecular complexity index is 1320. The van der Waals surface area contributed by atoms with Crippen molar-refractivity contribution >= 4 is 21.4 Å². The molecule has 0 radical (unpaired) electrons. The molecule has 31 heavy (non-hydrogen) atoms. The zero-order valence-corrected chi connectivity index (χ0v) is 17.5. The molecule has 0 unspecified atom stereocenters. The van der Waals surface area contributed by atoms with Crippen molar-refractivity contribution in [3.63, 3.8) is 0 Å². The molecule has 0 spiro atoms. The second-order valence-electron chi connectivity index (χ2n) is 6.91. The van der Waals surface area contributed by atoms with E-state index in [2.05, 4.69) is 20.8 Å². The Balaban J connectivity index is 1.46. The third-order valence-electron chi connectivity index (χ3n) is 4.65. The van der Waals surface area contributed by atoms with Crippen LogP contribution in [-0.4, -0.2) is 34.5 Å². The molecule has 1 N–H and O–H groups in total. The van der Waals surface area contributed by atoms with Crippen LogP contribution in [0.4, 0.5) is 5.69 Å². The molecule has 4 rings (SSSR count). The summed E-state index contributed by atoms with van der Waals surface area (Å²) in [6, 6.07) is 22.0. The van der Waals surface area contributed by atoms with Gasteiger partial charge in [-0.1, -0.05) is 36.4 Å². The van der Waals surface area contributed by atoms with Gasteiger partial charge in [0.1, 0.15) is 0 Å². The molecular formula is C22H19N5O3S. The number of benzene rings is 3. The van der Waals surface area contributed by atoms with Crippen molar-refractivity contribution in [1.29, 1.82) is 0 Å². The zero-order chi connectivity index (χ0) is 21.8. The number of rotatable bonds is 6. The minimum Gasteiger partial charge on any atom is -0.322 e. The number of anilines is 1. The van der Waals surface area contributed by atoms with Gasteiger partial charge in [-0.05, 0) is 65.4 Å². The van der Waals surface area contributed by atoms with Crippen LogP contribution < -0.4 is 5.32 Å². The van der Waals surface area contributed by atoms with Crippen molar-refractivity contribution in [2.24, 2.45) is 0 Å². The second-order valence-corrected chi connectivity index (χ2v) is 8.90. The van der Waals surface area contributed by atoms with Gasteiger partial charge in [-0.3, -0.25) is 4.79 Å². The number of aryl methyl sites for hydroxylation is 1. The summed E-state index contributed by atoms with van der Waals surface area (Å²) in [6.07, 6.45) is 0. The molecule has 0 aliphatic carbocycles. The van der Waals surface area contributed by atoms with Gasteiger partial charge < -0.3 is 5.32 Å². The molecule has 9 heteroatoms. The molecule has 1 heterocycles. The van der Waals surface area contributed by atoms with E-state index >= 15 is 0 Å². The monoisotopic (exact) mass is 433 g/mol. The molecule has 1 amide bonds. The zero-order valence-electron chi connectivity index (χ0n) is 16.6. The number of tetrazole rings is 1. The second kappa shape index (κ2) is 8.49. The van der Waals surface area contributed by atoms with Crippen molar-refractivity contribution in [2.45, 2.75) is 17.6 Å². The highest BCUT2D eigenvalue weighted by molar-refractivity contribution is 7.90. The average Bonchev–Trinajstić information content (AvgIpc) is 3.21. The highest BCUT2D eigenvalue weighted by Crippen LogP contribution is 2.18. The molecule has 4 aromatic rings. The normalized spacial score (nSPS) is 11.3. The fourth-order valence-corrected chi connectivity index (χ4v) is 4.44. The van der Waals surface area contributed by atoms with Gasteiger partial charge in [-0.15, -0.1) is 5.10 Å². The van der Waals surface area contributed by atoms with Gasteiger partial charge >= 0.3 is 0 Å². The van der Waals surface area contributed by atoms with Crippen molar-refractivity contribution < 1.29 is 13.2 Å². The molecule has 3 aromatic carbocycles. The smallest absolute Gasteiger partial charge is 0.255 e. The highest BCUT2D eigenvalue weighted by atomic mass is 32.2. The van der Waals surface area contributed by atoms with Crippen molar-refractivity contribution in [1.82, 2.24) is 20.2 Å². The van der Waals surface area contributed by atoms with Gasteiger partial charge in [0, 0.05) is 11.3 Å². The van der Waals surface area contributed by atoms with Crippen LogP contribution in [0.25, 0.3) is 5.69 Å². The van der Waals surface area contributed by atoms with Gasteiger partial charge in [-0.2, -0.15) is 4.68 Å². The van der Waals surface area contributed by atoms with E-state index in [4.69, 9.17) is 0 Å². The first-order valence-electron chi connectivity index (χ1n) is 9.46. The molecule has 8 nitrogen and oxygen atoms in total. The summed E-state index contributed by atoms with van der Waals surface area (Å²) in [6.45, 7) is 1.78. The number of nitrogens with one attached hydrogen (secondary N) is 1. The Hall–Kier alpha value is -3.85. The van der Waals surface area contributed by atoms with E-state index in [0.717, 1.165) is 5.69 Å². The van der Waals surface area contributed by atoms with Crippen LogP contribution in [0.1, 0.15) is 21.7 Å². The first-order chi connectivity index (χ1) is 14.9. The number of sulfone groups is 1. The van der Waals surface area contributed by atoms with E-state index in [9.17, 15) is 13.2 Å². The van der Waals surface area contributed by atoms with Crippen molar-refractivity contribution in [2.75, 3.05) is 5.32 Å². The molecular weight excluding hydrogens is 414 g/mol. The lowest BCUT2D eigenvalue weighted by Crippen LogP contribution is -2.12. The maximum atomic E-state index is 12.6. The van der Waals surface area contributed by atoms with Gasteiger partial charge in [0.25, 0.3) is 5.91 Å². The first kappa shape index (κ1) is 20.4. The van der Waals surface area contributed by atoms with E-state index in [0.29, 0.717) is 22.6 Å². The molecule has 1 aromatic heterocycles. The number of hydrogen-bond acceptors (Lipinski definition) is 6. The number of aromatic nitrogens is 4. The van der Waals surface area contributed by atoms with Gasteiger partial charge in [0.05, 0.1) is 16.3 Å². The quantitative estimate of drug-likeness (QED) is 0.500. The molecule has 0 saturated carbocycles. The van der Waals surface area contributed by atoms with E-state index in [-0.39, 0.29) is 16.6 Å². The largest absolute Gasteiger partial charge is 0.322 e. The number of nitrogens with zero attached hydrogens (tertiary/aromatic N) is 4. The van der Waals surface area contributed by atoms with Gasteiger partial charge in [-0.25, -0.2) is 8.42 Å². The number of carbonyl (C=O) groups excluding carboxylic acids is 1. The minimum absolute atomic E-state index is 0.133. The molecule has 0 aliphatic rings. The molecule has 0 aliphatic heterocycles. The Kier molecular flexibility index (Phi) is 5.59. The van der Waals surface area contributed by atoms with Gasteiger partial charge in [0.2, 0.25) is 0 Å². The summed E-state index contributed by atoms with van der Waals surface area (Å²) in [5.41, 5.74) is 2.34. The van der Waals surface area contributed by atoms with Crippen LogP contribution in [0.15, 0.2) is 83.8 Å². The molecule has 0 saturated heterocycles. The maximum Gasteiger partial charge on any atom is 0.255 e. The molecule has 156 valence electrons. The van der Waals surface area contributed by atoms with E-state index in [1.165, 1.54) is 0 Å². The standard InChI is InChI=1S/C22H19N5O3S/c1-16-24-25-26-27(16)20-7-5-6-19(14-20)23-22(28)18-12-10-17(11-13-18)15-31(29,30)21-8-3-2-4-9-21/h2-14H,15H2,1H3,(H,23,28). The molecule has 0 bridgehead atoms. The highest BCUT2D eigenvalue weighted by Gasteiger charge is 2.15. The van der Waals surface area contributed by atoms with Crippen LogP contribution in [0, 0.1) is 6.92 Å². The Morgan fingerprint density at radius 1 is 0.968 bits per heavy atom. The fourth-order valence-electron chi connectivity index (χ4n) is 3.07. The number of amides is 1. The summed E-state index contributed by atoms with van der Waals surface area (Å²) in [5.74, 6) is 0.194. The molecule has 0 fully saturated rings. The van der Waals surface area contributed by atoms with Gasteiger partial charge in [0.15, 0.2) is 15.7 Å². The third-order valence-corrected chi connectivity index (χ3v) is 6.35. The summed E-state index contributed by atoms with van der Waals surface area (Å²) in [7, 11) is -3.44. The van der Waals surface area contributed by atoms with E-state index < -0.39 is 9.84 Å². The predicted octanol–water partition coefficient (Wildman–Crippen LogP) is 3.20. The van der Waals surface area contributed by atoms with E-state index in [1.54, 1.807) is 84.4 Å². The topological polar surface area (TPSA) is 107 Å². The average molecular weight is 433 g/mol. The van der Waals surface area contributed by atoms with Crippen molar-refractivity contribution in [3.05, 3.63) is 95.8 Å². The Morgan fingerprint density at radius 2 is 1.71 bits per heavy atom. The Morgan fingerprint density at radius 3 is 2.39 bits per heavy atom. The molecule has 0 atom stereocenters. The summed E-state index contributed by atoms with van der Waals surface area (Å²) in [4.78, 5) is 12.9. The minimum atomic E-state index is -3.44. The van der Waals surface area contributed by atoms with Crippen LogP contribution >= 0.6 is 0 Å². The summed E-state index contributed by atoms with van der Waals surface area (Å²) < 4.78 is 26.6. The SMILES string of the molecule is Cc1nnnn1-c1cccc(NC(=O)c2ccc(CS(=O)(=O)c3ccccc3)cc2)c1. The first-order valence-corrected chi connectivity index (χ1v) is 11.1. The van der Waals surface area contributed by atoms with Crippen LogP contribution in [0.5, 0.6) is 0 Å².